The standard InChI is InChI=1S/C19H16N2O3S/c1-12-16(19(22)24-10-13-5-3-2-4-6-13)17(14-7-8-23-11-14)15(9-20)18(21)25-12/h2-8,11,17H,10,21H2,1H3/t17-/m1/s1. The molecule has 2 heterocycles. The molecule has 0 aliphatic carbocycles. The van der Waals surface area contributed by atoms with Crippen LogP contribution in [0.2, 0.25) is 0 Å². The van der Waals surface area contributed by atoms with Gasteiger partial charge in [-0.3, -0.25) is 0 Å². The number of furan rings is 1. The molecule has 0 bridgehead atoms. The molecule has 0 fully saturated rings. The minimum absolute atomic E-state index is 0.167. The maximum atomic E-state index is 12.8. The molecule has 0 saturated carbocycles. The second-order valence-electron chi connectivity index (χ2n) is 5.51. The van der Waals surface area contributed by atoms with Crippen molar-refractivity contribution in [2.45, 2.75) is 19.4 Å². The van der Waals surface area contributed by atoms with E-state index in [4.69, 9.17) is 14.9 Å². The number of carbonyl (C=O) groups excluding carboxylic acids is 1. The Labute approximate surface area is 149 Å². The molecule has 1 aromatic carbocycles. The van der Waals surface area contributed by atoms with E-state index >= 15 is 0 Å². The smallest absolute Gasteiger partial charge is 0.336 e. The Hall–Kier alpha value is -2.91. The van der Waals surface area contributed by atoms with E-state index in [1.807, 2.05) is 30.3 Å². The molecule has 0 radical (unpaired) electrons. The lowest BCUT2D eigenvalue weighted by molar-refractivity contribution is -0.140. The van der Waals surface area contributed by atoms with E-state index in [-0.39, 0.29) is 6.61 Å². The number of hydrogen-bond acceptors (Lipinski definition) is 6. The molecule has 0 spiro atoms. The molecule has 6 heteroatoms. The zero-order valence-electron chi connectivity index (χ0n) is 13.6. The predicted octanol–water partition coefficient (Wildman–Crippen LogP) is 3.82. The number of ether oxygens (including phenoxy) is 1. The maximum Gasteiger partial charge on any atom is 0.336 e. The van der Waals surface area contributed by atoms with Gasteiger partial charge in [-0.05, 0) is 23.5 Å². The third-order valence-corrected chi connectivity index (χ3v) is 4.88. The normalized spacial score (nSPS) is 17.4. The van der Waals surface area contributed by atoms with Gasteiger partial charge in [0.05, 0.1) is 40.7 Å². The molecular weight excluding hydrogens is 336 g/mol. The van der Waals surface area contributed by atoms with Gasteiger partial charge in [-0.2, -0.15) is 5.26 Å². The second-order valence-corrected chi connectivity index (χ2v) is 6.77. The Morgan fingerprint density at radius 3 is 2.76 bits per heavy atom. The van der Waals surface area contributed by atoms with E-state index in [1.165, 1.54) is 24.3 Å². The number of nitriles is 1. The van der Waals surface area contributed by atoms with Crippen LogP contribution >= 0.6 is 11.8 Å². The van der Waals surface area contributed by atoms with Crippen molar-refractivity contribution >= 4 is 17.7 Å². The quantitative estimate of drug-likeness (QED) is 0.841. The van der Waals surface area contributed by atoms with Crippen molar-refractivity contribution in [3.63, 3.8) is 0 Å². The van der Waals surface area contributed by atoms with E-state index in [2.05, 4.69) is 6.07 Å². The van der Waals surface area contributed by atoms with Crippen molar-refractivity contribution in [1.82, 2.24) is 0 Å². The van der Waals surface area contributed by atoms with E-state index in [9.17, 15) is 10.1 Å². The molecule has 3 rings (SSSR count). The van der Waals surface area contributed by atoms with Crippen molar-refractivity contribution < 1.29 is 13.9 Å². The maximum absolute atomic E-state index is 12.8. The summed E-state index contributed by atoms with van der Waals surface area (Å²) >= 11 is 1.22. The van der Waals surface area contributed by atoms with E-state index in [0.29, 0.717) is 21.7 Å². The highest BCUT2D eigenvalue weighted by Crippen LogP contribution is 2.45. The fourth-order valence-electron chi connectivity index (χ4n) is 2.72. The monoisotopic (exact) mass is 352 g/mol. The number of allylic oxidation sites excluding steroid dienone is 2. The van der Waals surface area contributed by atoms with Gasteiger partial charge in [-0.1, -0.05) is 42.1 Å². The SMILES string of the molecule is CC1=C(C(=O)OCc2ccccc2)[C@H](c2ccoc2)C(C#N)=C(N)S1. The van der Waals surface area contributed by atoms with Gasteiger partial charge >= 0.3 is 5.97 Å². The van der Waals surface area contributed by atoms with Crippen LogP contribution in [-0.2, 0) is 16.1 Å². The average Bonchev–Trinajstić information content (AvgIpc) is 3.14. The van der Waals surface area contributed by atoms with Crippen molar-refractivity contribution in [1.29, 1.82) is 5.26 Å². The van der Waals surface area contributed by atoms with Gasteiger partial charge < -0.3 is 14.9 Å². The molecule has 5 nitrogen and oxygen atoms in total. The summed E-state index contributed by atoms with van der Waals surface area (Å²) in [6.07, 6.45) is 3.02. The van der Waals surface area contributed by atoms with E-state index < -0.39 is 11.9 Å². The van der Waals surface area contributed by atoms with E-state index in [0.717, 1.165) is 10.5 Å². The Morgan fingerprint density at radius 1 is 1.36 bits per heavy atom. The molecular formula is C19H16N2O3S. The van der Waals surface area contributed by atoms with Crippen LogP contribution in [0.4, 0.5) is 0 Å². The van der Waals surface area contributed by atoms with Crippen LogP contribution in [0.25, 0.3) is 0 Å². The van der Waals surface area contributed by atoms with Crippen LogP contribution in [0.1, 0.15) is 24.0 Å². The van der Waals surface area contributed by atoms with Gasteiger partial charge in [0.2, 0.25) is 0 Å². The van der Waals surface area contributed by atoms with Gasteiger partial charge in [-0.15, -0.1) is 0 Å². The minimum atomic E-state index is -0.576. The predicted molar refractivity (Wildman–Crippen MR) is 94.8 cm³/mol. The first-order chi connectivity index (χ1) is 12.1. The Balaban J connectivity index is 1.90. The zero-order valence-corrected chi connectivity index (χ0v) is 14.4. The van der Waals surface area contributed by atoms with Crippen molar-refractivity contribution in [3.05, 3.63) is 81.1 Å². The molecule has 1 atom stereocenters. The third kappa shape index (κ3) is 3.47. The molecule has 2 N–H and O–H groups in total. The minimum Gasteiger partial charge on any atom is -0.472 e. The topological polar surface area (TPSA) is 89.2 Å². The highest BCUT2D eigenvalue weighted by atomic mass is 32.2. The zero-order chi connectivity index (χ0) is 17.8. The van der Waals surface area contributed by atoms with Gasteiger partial charge in [0.25, 0.3) is 0 Å². The van der Waals surface area contributed by atoms with Gasteiger partial charge in [-0.25, -0.2) is 4.79 Å². The summed E-state index contributed by atoms with van der Waals surface area (Å²) in [5.74, 6) is -1.03. The Bertz CT molecular complexity index is 877. The third-order valence-electron chi connectivity index (χ3n) is 3.91. The number of nitrogens with zero attached hydrogens (tertiary/aromatic N) is 1. The van der Waals surface area contributed by atoms with Crippen LogP contribution in [-0.4, -0.2) is 5.97 Å². The highest BCUT2D eigenvalue weighted by molar-refractivity contribution is 8.06. The lowest BCUT2D eigenvalue weighted by Crippen LogP contribution is -2.22. The molecule has 0 saturated heterocycles. The highest BCUT2D eigenvalue weighted by Gasteiger charge is 2.35. The summed E-state index contributed by atoms with van der Waals surface area (Å²) in [4.78, 5) is 13.5. The van der Waals surface area contributed by atoms with Crippen LogP contribution in [0, 0.1) is 11.3 Å². The van der Waals surface area contributed by atoms with Crippen LogP contribution < -0.4 is 5.73 Å². The lowest BCUT2D eigenvalue weighted by Gasteiger charge is -2.25. The number of thioether (sulfide) groups is 1. The van der Waals surface area contributed by atoms with Crippen LogP contribution in [0.15, 0.2) is 74.4 Å². The molecule has 1 aliphatic rings. The Morgan fingerprint density at radius 2 is 2.12 bits per heavy atom. The molecule has 1 aliphatic heterocycles. The van der Waals surface area contributed by atoms with Crippen molar-refractivity contribution in [2.75, 3.05) is 0 Å². The summed E-state index contributed by atoms with van der Waals surface area (Å²) in [5.41, 5.74) is 8.36. The van der Waals surface area contributed by atoms with Gasteiger partial charge in [0.15, 0.2) is 0 Å². The second kappa shape index (κ2) is 7.32. The van der Waals surface area contributed by atoms with E-state index in [1.54, 1.807) is 13.0 Å². The number of carbonyl (C=O) groups is 1. The summed E-state index contributed by atoms with van der Waals surface area (Å²) in [5, 5.41) is 9.91. The summed E-state index contributed by atoms with van der Waals surface area (Å²) in [7, 11) is 0. The molecule has 2 aromatic rings. The first-order valence-corrected chi connectivity index (χ1v) is 8.45. The van der Waals surface area contributed by atoms with Crippen molar-refractivity contribution in [3.8, 4) is 6.07 Å². The van der Waals surface area contributed by atoms with Crippen LogP contribution in [0.3, 0.4) is 0 Å². The number of hydrogen-bond donors (Lipinski definition) is 1. The lowest BCUT2D eigenvalue weighted by atomic mass is 9.86. The number of rotatable bonds is 4. The van der Waals surface area contributed by atoms with Gasteiger partial charge in [0, 0.05) is 5.56 Å². The fourth-order valence-corrected chi connectivity index (χ4v) is 3.63. The average molecular weight is 352 g/mol. The van der Waals surface area contributed by atoms with Crippen LogP contribution in [0.5, 0.6) is 0 Å². The molecule has 0 amide bonds. The summed E-state index contributed by atoms with van der Waals surface area (Å²) in [6, 6.07) is 13.3. The first kappa shape index (κ1) is 16.9. The molecule has 25 heavy (non-hydrogen) atoms. The fraction of sp³-hybridized carbons (Fsp3) is 0.158. The summed E-state index contributed by atoms with van der Waals surface area (Å²) in [6.45, 7) is 1.97. The number of nitrogens with two attached hydrogens (primary N) is 1. The Kier molecular flexibility index (Phi) is 4.96. The number of esters is 1. The summed E-state index contributed by atoms with van der Waals surface area (Å²) < 4.78 is 10.6. The van der Waals surface area contributed by atoms with Crippen molar-refractivity contribution in [2.24, 2.45) is 5.73 Å². The number of benzene rings is 1. The molecule has 1 aromatic heterocycles. The van der Waals surface area contributed by atoms with Gasteiger partial charge in [0.1, 0.15) is 6.61 Å². The molecule has 0 unspecified atom stereocenters. The molecule has 126 valence electrons. The first-order valence-electron chi connectivity index (χ1n) is 7.63. The largest absolute Gasteiger partial charge is 0.472 e.